The Kier molecular flexibility index (Phi) is 3.48. The Morgan fingerprint density at radius 1 is 1.16 bits per heavy atom. The molecule has 19 heavy (non-hydrogen) atoms. The lowest BCUT2D eigenvalue weighted by molar-refractivity contribution is 0.0690. The van der Waals surface area contributed by atoms with Crippen LogP contribution >= 0.6 is 11.6 Å². The van der Waals surface area contributed by atoms with Crippen molar-refractivity contribution in [2.75, 3.05) is 0 Å². The molecule has 0 aliphatic heterocycles. The van der Waals surface area contributed by atoms with Gasteiger partial charge in [-0.05, 0) is 35.4 Å². The second-order valence-corrected chi connectivity index (χ2v) is 4.20. The van der Waals surface area contributed by atoms with Crippen LogP contribution < -0.4 is 5.73 Å². The average molecular weight is 277 g/mol. The standard InChI is InChI=1S/C13H9ClN2O3/c14-10-2-1-7(5-9(10)12(15)17)8-3-4-16-11(6-8)13(18)19/h1-6H,(H2,15,17)(H,18,19). The maximum atomic E-state index is 11.2. The third-order valence-corrected chi connectivity index (χ3v) is 2.87. The van der Waals surface area contributed by atoms with Crippen LogP contribution in [-0.2, 0) is 0 Å². The van der Waals surface area contributed by atoms with Gasteiger partial charge in [0.05, 0.1) is 10.6 Å². The first-order valence-corrected chi connectivity index (χ1v) is 5.66. The summed E-state index contributed by atoms with van der Waals surface area (Å²) in [4.78, 5) is 25.8. The Morgan fingerprint density at radius 3 is 2.47 bits per heavy atom. The van der Waals surface area contributed by atoms with Gasteiger partial charge in [0, 0.05) is 6.20 Å². The van der Waals surface area contributed by atoms with E-state index in [0.29, 0.717) is 11.1 Å². The number of aromatic carboxylic acids is 1. The van der Waals surface area contributed by atoms with Gasteiger partial charge in [-0.1, -0.05) is 17.7 Å². The zero-order valence-corrected chi connectivity index (χ0v) is 10.4. The number of carboxylic acid groups (broad SMARTS) is 1. The van der Waals surface area contributed by atoms with E-state index in [-0.39, 0.29) is 16.3 Å². The summed E-state index contributed by atoms with van der Waals surface area (Å²) in [5, 5.41) is 9.14. The van der Waals surface area contributed by atoms with Gasteiger partial charge in [0.15, 0.2) is 0 Å². The highest BCUT2D eigenvalue weighted by Crippen LogP contribution is 2.25. The number of primary amides is 1. The molecule has 5 nitrogen and oxygen atoms in total. The van der Waals surface area contributed by atoms with Crippen LogP contribution in [0.15, 0.2) is 36.5 Å². The van der Waals surface area contributed by atoms with Crippen LogP contribution in [0.25, 0.3) is 11.1 Å². The molecule has 0 saturated carbocycles. The fourth-order valence-corrected chi connectivity index (χ4v) is 1.83. The Morgan fingerprint density at radius 2 is 1.84 bits per heavy atom. The van der Waals surface area contributed by atoms with Crippen molar-refractivity contribution in [3.8, 4) is 11.1 Å². The van der Waals surface area contributed by atoms with Crippen molar-refractivity contribution in [3.05, 3.63) is 52.8 Å². The summed E-state index contributed by atoms with van der Waals surface area (Å²) in [5.74, 6) is -1.76. The maximum Gasteiger partial charge on any atom is 0.354 e. The lowest BCUT2D eigenvalue weighted by Crippen LogP contribution is -2.11. The topological polar surface area (TPSA) is 93.3 Å². The second kappa shape index (κ2) is 5.07. The normalized spacial score (nSPS) is 10.2. The molecule has 2 rings (SSSR count). The molecule has 0 atom stereocenters. The number of nitrogens with zero attached hydrogens (tertiary/aromatic N) is 1. The molecule has 1 amide bonds. The zero-order valence-electron chi connectivity index (χ0n) is 9.63. The number of rotatable bonds is 3. The number of carbonyl (C=O) groups is 2. The predicted octanol–water partition coefficient (Wildman–Crippen LogP) is 2.20. The van der Waals surface area contributed by atoms with Crippen LogP contribution in [0.1, 0.15) is 20.8 Å². The Balaban J connectivity index is 2.53. The number of carboxylic acids is 1. The monoisotopic (exact) mass is 276 g/mol. The zero-order chi connectivity index (χ0) is 14.0. The van der Waals surface area contributed by atoms with Crippen LogP contribution in [0.4, 0.5) is 0 Å². The van der Waals surface area contributed by atoms with Gasteiger partial charge >= 0.3 is 5.97 Å². The predicted molar refractivity (Wildman–Crippen MR) is 70.2 cm³/mol. The summed E-state index contributed by atoms with van der Waals surface area (Å²) >= 11 is 5.85. The Hall–Kier alpha value is -2.40. The van der Waals surface area contributed by atoms with E-state index in [0.717, 1.165) is 0 Å². The second-order valence-electron chi connectivity index (χ2n) is 3.79. The molecule has 0 radical (unpaired) electrons. The first-order chi connectivity index (χ1) is 8.99. The SMILES string of the molecule is NC(=O)c1cc(-c2ccnc(C(=O)O)c2)ccc1Cl. The summed E-state index contributed by atoms with van der Waals surface area (Å²) in [7, 11) is 0. The molecule has 0 fully saturated rings. The number of amides is 1. The van der Waals surface area contributed by atoms with Crippen molar-refractivity contribution in [2.24, 2.45) is 5.73 Å². The van der Waals surface area contributed by atoms with Crippen molar-refractivity contribution in [1.82, 2.24) is 4.98 Å². The van der Waals surface area contributed by atoms with Gasteiger partial charge in [-0.2, -0.15) is 0 Å². The fourth-order valence-electron chi connectivity index (χ4n) is 1.62. The third kappa shape index (κ3) is 2.71. The largest absolute Gasteiger partial charge is 0.477 e. The van der Waals surface area contributed by atoms with Gasteiger partial charge in [-0.3, -0.25) is 4.79 Å². The van der Waals surface area contributed by atoms with E-state index in [1.807, 2.05) is 0 Å². The summed E-state index contributed by atoms with van der Waals surface area (Å²) in [6.07, 6.45) is 1.39. The van der Waals surface area contributed by atoms with Crippen molar-refractivity contribution in [1.29, 1.82) is 0 Å². The number of aromatic nitrogens is 1. The van der Waals surface area contributed by atoms with E-state index in [9.17, 15) is 9.59 Å². The van der Waals surface area contributed by atoms with Crippen LogP contribution in [0.5, 0.6) is 0 Å². The first kappa shape index (κ1) is 13.0. The average Bonchev–Trinajstić information content (AvgIpc) is 2.39. The van der Waals surface area contributed by atoms with Crippen molar-refractivity contribution in [3.63, 3.8) is 0 Å². The van der Waals surface area contributed by atoms with Crippen molar-refractivity contribution < 1.29 is 14.7 Å². The fraction of sp³-hybridized carbons (Fsp3) is 0. The van der Waals surface area contributed by atoms with E-state index in [2.05, 4.69) is 4.98 Å². The molecular formula is C13H9ClN2O3. The number of halogens is 1. The molecule has 0 spiro atoms. The van der Waals surface area contributed by atoms with E-state index < -0.39 is 11.9 Å². The number of pyridine rings is 1. The molecule has 96 valence electrons. The molecule has 0 saturated heterocycles. The summed E-state index contributed by atoms with van der Waals surface area (Å²) < 4.78 is 0. The molecule has 6 heteroatoms. The molecule has 2 aromatic rings. The molecule has 3 N–H and O–H groups in total. The van der Waals surface area contributed by atoms with Gasteiger partial charge in [0.2, 0.25) is 5.91 Å². The highest BCUT2D eigenvalue weighted by molar-refractivity contribution is 6.33. The minimum atomic E-state index is -1.12. The minimum absolute atomic E-state index is 0.0759. The van der Waals surface area contributed by atoms with Crippen LogP contribution in [0.2, 0.25) is 5.02 Å². The van der Waals surface area contributed by atoms with E-state index in [4.69, 9.17) is 22.4 Å². The van der Waals surface area contributed by atoms with E-state index in [1.165, 1.54) is 24.4 Å². The van der Waals surface area contributed by atoms with Crippen LogP contribution in [0.3, 0.4) is 0 Å². The van der Waals surface area contributed by atoms with Crippen LogP contribution in [0, 0.1) is 0 Å². The highest BCUT2D eigenvalue weighted by Gasteiger charge is 2.10. The van der Waals surface area contributed by atoms with Gasteiger partial charge < -0.3 is 10.8 Å². The third-order valence-electron chi connectivity index (χ3n) is 2.54. The van der Waals surface area contributed by atoms with Gasteiger partial charge in [-0.25, -0.2) is 9.78 Å². The number of hydrogen-bond donors (Lipinski definition) is 2. The molecule has 1 aromatic carbocycles. The molecule has 0 bridgehead atoms. The van der Waals surface area contributed by atoms with E-state index >= 15 is 0 Å². The number of carbonyl (C=O) groups excluding carboxylic acids is 1. The molecule has 1 heterocycles. The number of nitrogens with two attached hydrogens (primary N) is 1. The lowest BCUT2D eigenvalue weighted by atomic mass is 10.0. The minimum Gasteiger partial charge on any atom is -0.477 e. The highest BCUT2D eigenvalue weighted by atomic mass is 35.5. The summed E-state index contributed by atoms with van der Waals surface area (Å²) in [6.45, 7) is 0. The number of benzene rings is 1. The summed E-state index contributed by atoms with van der Waals surface area (Å²) in [6, 6.07) is 7.79. The molecule has 0 aliphatic rings. The Labute approximate surface area is 113 Å². The van der Waals surface area contributed by atoms with Gasteiger partial charge in [-0.15, -0.1) is 0 Å². The molecule has 0 unspecified atom stereocenters. The number of hydrogen-bond acceptors (Lipinski definition) is 3. The van der Waals surface area contributed by atoms with Gasteiger partial charge in [0.25, 0.3) is 0 Å². The smallest absolute Gasteiger partial charge is 0.354 e. The molecular weight excluding hydrogens is 268 g/mol. The molecule has 0 aliphatic carbocycles. The van der Waals surface area contributed by atoms with Crippen LogP contribution in [-0.4, -0.2) is 22.0 Å². The Bertz CT molecular complexity index is 671. The van der Waals surface area contributed by atoms with E-state index in [1.54, 1.807) is 12.1 Å². The first-order valence-electron chi connectivity index (χ1n) is 5.28. The maximum absolute atomic E-state index is 11.2. The van der Waals surface area contributed by atoms with Gasteiger partial charge in [0.1, 0.15) is 5.69 Å². The van der Waals surface area contributed by atoms with Crippen molar-refractivity contribution >= 4 is 23.5 Å². The summed E-state index contributed by atoms with van der Waals surface area (Å²) in [5.41, 5.74) is 6.58. The lowest BCUT2D eigenvalue weighted by Gasteiger charge is -2.06. The quantitative estimate of drug-likeness (QED) is 0.898. The van der Waals surface area contributed by atoms with Crippen molar-refractivity contribution in [2.45, 2.75) is 0 Å². The molecule has 1 aromatic heterocycles.